The number of phosphoric acid groups is 1. The number of aliphatic hydroxyl groups is 1. The highest BCUT2D eigenvalue weighted by Crippen LogP contribution is 2.43. The van der Waals surface area contributed by atoms with Gasteiger partial charge < -0.3 is 25.2 Å². The number of hydrogen-bond donors (Lipinski definition) is 4. The van der Waals surface area contributed by atoms with Crippen molar-refractivity contribution in [1.82, 2.24) is 5.32 Å². The molecular formula is C42H72NO10P. The highest BCUT2D eigenvalue weighted by Gasteiger charge is 2.28. The average molecular weight is 782 g/mol. The number of rotatable bonds is 37. The monoisotopic (exact) mass is 781 g/mol. The molecule has 0 heterocycles. The number of allylic oxidation sites excluding steroid dienone is 10. The second-order valence-corrected chi connectivity index (χ2v) is 14.9. The molecule has 0 radical (unpaired) electrons. The van der Waals surface area contributed by atoms with Gasteiger partial charge in [-0.1, -0.05) is 145 Å². The maximum Gasteiger partial charge on any atom is 0.472 e. The summed E-state index contributed by atoms with van der Waals surface area (Å²) < 4.78 is 26.7. The minimum Gasteiger partial charge on any atom is -0.480 e. The molecule has 12 heteroatoms. The van der Waals surface area contributed by atoms with Gasteiger partial charge >= 0.3 is 19.8 Å². The molecule has 0 saturated carbocycles. The van der Waals surface area contributed by atoms with Crippen LogP contribution < -0.4 is 5.32 Å². The maximum atomic E-state index is 12.2. The van der Waals surface area contributed by atoms with Gasteiger partial charge in [0.1, 0.15) is 12.7 Å². The summed E-state index contributed by atoms with van der Waals surface area (Å²) in [4.78, 5) is 45.5. The molecule has 54 heavy (non-hydrogen) atoms. The Morgan fingerprint density at radius 3 is 1.61 bits per heavy atom. The molecule has 0 fully saturated rings. The van der Waals surface area contributed by atoms with E-state index in [2.05, 4.69) is 79.9 Å². The Labute approximate surface area is 326 Å². The fraction of sp³-hybridized carbons (Fsp3) is 0.690. The van der Waals surface area contributed by atoms with Crippen LogP contribution in [0.25, 0.3) is 0 Å². The quantitative estimate of drug-likeness (QED) is 0.0206. The van der Waals surface area contributed by atoms with Gasteiger partial charge in [-0.25, -0.2) is 9.36 Å². The Hall–Kier alpha value is -2.82. The van der Waals surface area contributed by atoms with Crippen LogP contribution in [-0.2, 0) is 32.7 Å². The smallest absolute Gasteiger partial charge is 0.472 e. The number of carbonyl (C=O) groups is 3. The minimum atomic E-state index is -4.75. The van der Waals surface area contributed by atoms with Gasteiger partial charge in [0.25, 0.3) is 0 Å². The van der Waals surface area contributed by atoms with Gasteiger partial charge in [-0.05, 0) is 57.8 Å². The number of carboxylic acid groups (broad SMARTS) is 1. The normalized spacial score (nSPS) is 14.4. The molecular weight excluding hydrogens is 709 g/mol. The molecule has 3 atom stereocenters. The van der Waals surface area contributed by atoms with Crippen LogP contribution >= 0.6 is 7.82 Å². The Bertz CT molecular complexity index is 1150. The van der Waals surface area contributed by atoms with Crippen LogP contribution in [0, 0.1) is 0 Å². The Kier molecular flexibility index (Phi) is 35.2. The summed E-state index contributed by atoms with van der Waals surface area (Å²) in [5.74, 6) is -2.40. The van der Waals surface area contributed by atoms with E-state index >= 15 is 0 Å². The van der Waals surface area contributed by atoms with Gasteiger partial charge in [-0.15, -0.1) is 0 Å². The molecule has 0 aromatic heterocycles. The van der Waals surface area contributed by atoms with Crippen LogP contribution in [0.1, 0.15) is 155 Å². The van der Waals surface area contributed by atoms with Crippen LogP contribution in [0.4, 0.5) is 0 Å². The summed E-state index contributed by atoms with van der Waals surface area (Å²) in [5, 5.41) is 21.7. The van der Waals surface area contributed by atoms with Crippen LogP contribution in [0.2, 0.25) is 0 Å². The number of carbonyl (C=O) groups excluding carboxylic acids is 2. The predicted octanol–water partition coefficient (Wildman–Crippen LogP) is 10.00. The molecule has 4 N–H and O–H groups in total. The molecule has 1 amide bonds. The zero-order chi connectivity index (χ0) is 40.0. The Morgan fingerprint density at radius 1 is 0.611 bits per heavy atom. The van der Waals surface area contributed by atoms with Crippen LogP contribution in [0.5, 0.6) is 0 Å². The van der Waals surface area contributed by atoms with Crippen molar-refractivity contribution >= 4 is 25.7 Å². The van der Waals surface area contributed by atoms with Crippen molar-refractivity contribution in [3.05, 3.63) is 60.8 Å². The number of nitrogens with one attached hydrogen (secondary N) is 1. The van der Waals surface area contributed by atoms with Crippen LogP contribution in [0.15, 0.2) is 60.8 Å². The van der Waals surface area contributed by atoms with Crippen molar-refractivity contribution in [2.75, 3.05) is 19.8 Å². The fourth-order valence-electron chi connectivity index (χ4n) is 5.16. The highest BCUT2D eigenvalue weighted by atomic mass is 31.2. The van der Waals surface area contributed by atoms with E-state index in [0.29, 0.717) is 12.8 Å². The van der Waals surface area contributed by atoms with E-state index in [9.17, 15) is 34.1 Å². The largest absolute Gasteiger partial charge is 0.480 e. The van der Waals surface area contributed by atoms with Gasteiger partial charge in [-0.2, -0.15) is 0 Å². The molecule has 0 rings (SSSR count). The minimum absolute atomic E-state index is 0.142. The van der Waals surface area contributed by atoms with E-state index in [4.69, 9.17) is 13.8 Å². The fourth-order valence-corrected chi connectivity index (χ4v) is 5.94. The molecule has 0 aliphatic carbocycles. The van der Waals surface area contributed by atoms with Gasteiger partial charge in [0, 0.05) is 12.8 Å². The van der Waals surface area contributed by atoms with Crippen molar-refractivity contribution in [3.8, 4) is 0 Å². The molecule has 0 bridgehead atoms. The van der Waals surface area contributed by atoms with Gasteiger partial charge in [0.2, 0.25) is 5.91 Å². The number of unbranched alkanes of at least 4 members (excludes halogenated alkanes) is 13. The standard InChI is InChI=1S/C42H72NO10P/c1-3-5-7-9-11-12-13-14-15-16-17-18-19-20-21-22-23-24-25-26-28-30-32-34-41(46)51-35-38(44)36-52-54(49,50)53-37-39(42(47)48)43-40(45)33-31-29-27-10-8-6-4-2/h5,7,11-12,14-15,17-18,20-21,38-39,44H,3-4,6,8-10,13,16,19,22-37H2,1-2H3,(H,43,45)(H,47,48)(H,49,50)/b7-5-,12-11-,15-14-,18-17-,21-20-. The summed E-state index contributed by atoms with van der Waals surface area (Å²) in [6.45, 7) is 2.37. The lowest BCUT2D eigenvalue weighted by Crippen LogP contribution is -2.43. The van der Waals surface area contributed by atoms with Crippen molar-refractivity contribution in [2.24, 2.45) is 0 Å². The first-order valence-corrected chi connectivity index (χ1v) is 21.8. The number of hydrogen-bond acceptors (Lipinski definition) is 8. The lowest BCUT2D eigenvalue weighted by atomic mass is 10.1. The highest BCUT2D eigenvalue weighted by molar-refractivity contribution is 7.47. The molecule has 0 aromatic carbocycles. The molecule has 0 aliphatic heterocycles. The zero-order valence-electron chi connectivity index (χ0n) is 33.3. The van der Waals surface area contributed by atoms with Crippen LogP contribution in [-0.4, -0.2) is 64.9 Å². The molecule has 0 aromatic rings. The predicted molar refractivity (Wildman–Crippen MR) is 217 cm³/mol. The van der Waals surface area contributed by atoms with Crippen molar-refractivity contribution in [2.45, 2.75) is 167 Å². The molecule has 0 aliphatic rings. The summed E-state index contributed by atoms with van der Waals surface area (Å²) in [7, 11) is -4.75. The van der Waals surface area contributed by atoms with Gasteiger partial charge in [0.15, 0.2) is 6.04 Å². The summed E-state index contributed by atoms with van der Waals surface area (Å²) >= 11 is 0. The number of carboxylic acids is 1. The Morgan fingerprint density at radius 2 is 1.07 bits per heavy atom. The molecule has 310 valence electrons. The molecule has 3 unspecified atom stereocenters. The first-order chi connectivity index (χ1) is 26.1. The number of ether oxygens (including phenoxy) is 1. The topological polar surface area (TPSA) is 169 Å². The van der Waals surface area contributed by atoms with Gasteiger partial charge in [0.05, 0.1) is 13.2 Å². The SMILES string of the molecule is CC/C=C\C/C=C\C/C=C\C/C=C\C/C=C\CCCCCCCCCC(=O)OCC(O)COP(=O)(O)OCC(NC(=O)CCCCCCCCC)C(=O)O. The Balaban J connectivity index is 3.87. The second kappa shape index (κ2) is 37.1. The second-order valence-electron chi connectivity index (χ2n) is 13.4. The zero-order valence-corrected chi connectivity index (χ0v) is 34.1. The number of aliphatic hydroxyl groups excluding tert-OH is 1. The molecule has 0 saturated heterocycles. The number of esters is 1. The number of amides is 1. The first kappa shape index (κ1) is 51.2. The van der Waals surface area contributed by atoms with Crippen molar-refractivity contribution < 1.29 is 47.8 Å². The van der Waals surface area contributed by atoms with E-state index in [1.165, 1.54) is 19.3 Å². The van der Waals surface area contributed by atoms with E-state index in [0.717, 1.165) is 96.3 Å². The lowest BCUT2D eigenvalue weighted by molar-refractivity contribution is -0.147. The van der Waals surface area contributed by atoms with E-state index in [1.807, 2.05) is 0 Å². The van der Waals surface area contributed by atoms with Crippen molar-refractivity contribution in [1.29, 1.82) is 0 Å². The van der Waals surface area contributed by atoms with Crippen LogP contribution in [0.3, 0.4) is 0 Å². The number of aliphatic carboxylic acids is 1. The summed E-state index contributed by atoms with van der Waals surface area (Å²) in [6, 6.07) is -1.54. The molecule has 0 spiro atoms. The third-order valence-electron chi connectivity index (χ3n) is 8.32. The number of phosphoric ester groups is 1. The lowest BCUT2D eigenvalue weighted by Gasteiger charge is -2.18. The maximum absolute atomic E-state index is 12.2. The molecule has 11 nitrogen and oxygen atoms in total. The van der Waals surface area contributed by atoms with E-state index in [-0.39, 0.29) is 12.8 Å². The van der Waals surface area contributed by atoms with Gasteiger partial charge in [-0.3, -0.25) is 18.6 Å². The third-order valence-corrected chi connectivity index (χ3v) is 9.27. The van der Waals surface area contributed by atoms with Crippen molar-refractivity contribution in [3.63, 3.8) is 0 Å². The summed E-state index contributed by atoms with van der Waals surface area (Å²) in [6.07, 6.45) is 41.4. The first-order valence-electron chi connectivity index (χ1n) is 20.3. The van der Waals surface area contributed by atoms with E-state index in [1.54, 1.807) is 0 Å². The summed E-state index contributed by atoms with van der Waals surface area (Å²) in [5.41, 5.74) is 0. The average Bonchev–Trinajstić information content (AvgIpc) is 3.14. The third kappa shape index (κ3) is 36.2. The van der Waals surface area contributed by atoms with E-state index < -0.39 is 57.6 Å².